The molecule has 1 aliphatic rings. The lowest BCUT2D eigenvalue weighted by Gasteiger charge is -2.26. The van der Waals surface area contributed by atoms with Crippen molar-refractivity contribution in [2.45, 2.75) is 109 Å². The van der Waals surface area contributed by atoms with E-state index >= 15 is 0 Å². The highest BCUT2D eigenvalue weighted by Crippen LogP contribution is 2.28. The molecule has 1 heterocycles. The van der Waals surface area contributed by atoms with Gasteiger partial charge in [-0.25, -0.2) is 0 Å². The molecule has 1 aliphatic heterocycles. The number of Topliss-reactive ketones (excluding diaryl/α,β-unsaturated/α-hetero) is 1. The minimum absolute atomic E-state index is 0.0308. The molecule has 3 rings (SSSR count). The molecule has 1 saturated heterocycles. The lowest BCUT2D eigenvalue weighted by molar-refractivity contribution is -0.134. The lowest BCUT2D eigenvalue weighted by atomic mass is 10.0. The fourth-order valence-corrected chi connectivity index (χ4v) is 5.62. The molecule has 2 aromatic carbocycles. The first-order chi connectivity index (χ1) is 26.1. The Morgan fingerprint density at radius 1 is 0.818 bits per heavy atom. The van der Waals surface area contributed by atoms with Crippen molar-refractivity contribution in [2.24, 2.45) is 11.5 Å². The van der Waals surface area contributed by atoms with Gasteiger partial charge in [0.15, 0.2) is 5.78 Å². The Hall–Kier alpha value is -4.96. The number of nitrogens with one attached hydrogen (secondary N) is 5. The second kappa shape index (κ2) is 21.2. The molecule has 15 heteroatoms. The molecular formula is C40H57N7O8. The first kappa shape index (κ1) is 44.4. The van der Waals surface area contributed by atoms with Crippen LogP contribution in [0.25, 0.3) is 11.1 Å². The Morgan fingerprint density at radius 3 is 1.98 bits per heavy atom. The smallest absolute Gasteiger partial charge is 0.268 e. The van der Waals surface area contributed by atoms with Gasteiger partial charge < -0.3 is 47.9 Å². The number of rotatable bonds is 22. The monoisotopic (exact) mass is 763 g/mol. The van der Waals surface area contributed by atoms with Gasteiger partial charge in [0.2, 0.25) is 17.7 Å². The van der Waals surface area contributed by atoms with Gasteiger partial charge in [0, 0.05) is 5.56 Å². The summed E-state index contributed by atoms with van der Waals surface area (Å²) in [5.41, 5.74) is 13.7. The number of aryl methyl sites for hydroxylation is 1. The summed E-state index contributed by atoms with van der Waals surface area (Å²) in [6.45, 7) is 8.53. The molecule has 0 spiro atoms. The maximum atomic E-state index is 13.4. The summed E-state index contributed by atoms with van der Waals surface area (Å²) in [7, 11) is 0. The van der Waals surface area contributed by atoms with E-state index in [-0.39, 0.29) is 31.1 Å². The SMILES string of the molecule is CCCCc1ccc(-c2ccc(C(=O)N[C@@H](CCN)C(=O)N[C@H](C(=O)N[C@@H](C)C(=O)N/C(=C/CCCN)C(=O)N[C@@H](C)C(=O)C3(C)CO3)[C@@H](C)O)cc2)cc1. The van der Waals surface area contributed by atoms with Crippen molar-refractivity contribution in [3.8, 4) is 11.1 Å². The average Bonchev–Trinajstić information content (AvgIpc) is 3.92. The molecule has 6 atom stereocenters. The van der Waals surface area contributed by atoms with Crippen LogP contribution in [-0.2, 0) is 35.1 Å². The van der Waals surface area contributed by atoms with Gasteiger partial charge in [0.25, 0.3) is 11.8 Å². The van der Waals surface area contributed by atoms with Gasteiger partial charge in [-0.05, 0) is 102 Å². The topological polar surface area (TPSA) is 247 Å². The zero-order chi connectivity index (χ0) is 40.7. The normalized spacial score (nSPS) is 17.8. The number of ether oxygens (including phenoxy) is 1. The molecule has 0 saturated carbocycles. The first-order valence-corrected chi connectivity index (χ1v) is 18.8. The third kappa shape index (κ3) is 13.4. The molecule has 10 N–H and O–H groups in total. The number of hydrogen-bond donors (Lipinski definition) is 8. The molecule has 0 bridgehead atoms. The molecule has 0 aliphatic carbocycles. The first-order valence-electron chi connectivity index (χ1n) is 18.8. The number of allylic oxidation sites excluding steroid dienone is 1. The second-order valence-corrected chi connectivity index (χ2v) is 14.1. The van der Waals surface area contributed by atoms with Crippen LogP contribution in [0, 0.1) is 0 Å². The molecule has 5 amide bonds. The van der Waals surface area contributed by atoms with Crippen LogP contribution in [0.1, 0.15) is 82.6 Å². The van der Waals surface area contributed by atoms with Gasteiger partial charge in [-0.2, -0.15) is 0 Å². The number of aliphatic hydroxyl groups excluding tert-OH is 1. The van der Waals surface area contributed by atoms with Crippen LogP contribution < -0.4 is 38.1 Å². The van der Waals surface area contributed by atoms with Crippen molar-refractivity contribution in [3.63, 3.8) is 0 Å². The molecule has 300 valence electrons. The predicted molar refractivity (Wildman–Crippen MR) is 208 cm³/mol. The third-order valence-electron chi connectivity index (χ3n) is 9.24. The summed E-state index contributed by atoms with van der Waals surface area (Å²) < 4.78 is 5.17. The predicted octanol–water partition coefficient (Wildman–Crippen LogP) is 1.12. The highest BCUT2D eigenvalue weighted by atomic mass is 16.6. The number of amides is 5. The molecule has 15 nitrogen and oxygen atoms in total. The fourth-order valence-electron chi connectivity index (χ4n) is 5.62. The number of nitrogens with two attached hydrogens (primary N) is 2. The number of epoxide rings is 1. The molecule has 0 radical (unpaired) electrons. The van der Waals surface area contributed by atoms with Crippen LogP contribution in [-0.4, -0.2) is 96.0 Å². The number of carbonyl (C=O) groups excluding carboxylic acids is 6. The summed E-state index contributed by atoms with van der Waals surface area (Å²) in [6, 6.07) is 10.4. The number of benzene rings is 2. The van der Waals surface area contributed by atoms with Crippen LogP contribution in [0.2, 0.25) is 0 Å². The van der Waals surface area contributed by atoms with Gasteiger partial charge in [0.05, 0.1) is 18.8 Å². The highest BCUT2D eigenvalue weighted by Gasteiger charge is 2.49. The molecule has 55 heavy (non-hydrogen) atoms. The fraction of sp³-hybridized carbons (Fsp3) is 0.500. The molecule has 0 aromatic heterocycles. The van der Waals surface area contributed by atoms with Crippen LogP contribution in [0.5, 0.6) is 0 Å². The van der Waals surface area contributed by atoms with Crippen LogP contribution in [0.4, 0.5) is 0 Å². The Balaban J connectivity index is 1.62. The van der Waals surface area contributed by atoms with Crippen molar-refractivity contribution in [1.82, 2.24) is 26.6 Å². The third-order valence-corrected chi connectivity index (χ3v) is 9.24. The minimum atomic E-state index is -1.52. The Labute approximate surface area is 322 Å². The standard InChI is InChI=1S/C40H57N7O8/c1-6-7-10-27-12-14-28(15-13-27)29-16-18-30(19-17-29)36(51)46-32(20-22-42)38(53)47-33(26(4)48)39(54)44-25(3)35(50)45-31(11-8-9-21-41)37(52)43-24(2)34(49)40(5)23-55-40/h11-19,24-26,32-33,48H,6-10,20-23,41-42H2,1-5H3,(H,43,52)(H,44,54)(H,45,50)(H,46,51)(H,47,53)/b31-11+/t24-,25-,26+,32-,33-,40?/m0/s1. The number of carbonyl (C=O) groups is 6. The minimum Gasteiger partial charge on any atom is -0.391 e. The number of ketones is 1. The van der Waals surface area contributed by atoms with E-state index in [0.717, 1.165) is 30.4 Å². The van der Waals surface area contributed by atoms with Gasteiger partial charge in [-0.3, -0.25) is 28.8 Å². The Morgan fingerprint density at radius 2 is 1.44 bits per heavy atom. The quantitative estimate of drug-likeness (QED) is 0.0482. The lowest BCUT2D eigenvalue weighted by Crippen LogP contribution is -2.59. The molecule has 1 fully saturated rings. The summed E-state index contributed by atoms with van der Waals surface area (Å²) in [5, 5.41) is 23.1. The van der Waals surface area contributed by atoms with E-state index in [0.29, 0.717) is 24.9 Å². The number of hydrogen-bond acceptors (Lipinski definition) is 10. The number of unbranched alkanes of at least 4 members (excludes halogenated alkanes) is 2. The van der Waals surface area contributed by atoms with E-state index in [1.165, 1.54) is 32.4 Å². The van der Waals surface area contributed by atoms with Crippen molar-refractivity contribution >= 4 is 35.3 Å². The van der Waals surface area contributed by atoms with E-state index in [4.69, 9.17) is 16.2 Å². The van der Waals surface area contributed by atoms with Crippen LogP contribution in [0.15, 0.2) is 60.3 Å². The summed E-state index contributed by atoms with van der Waals surface area (Å²) in [4.78, 5) is 78.7. The zero-order valence-corrected chi connectivity index (χ0v) is 32.4. The summed E-state index contributed by atoms with van der Waals surface area (Å²) in [6.07, 6.45) is 4.22. The number of aliphatic hydroxyl groups is 1. The highest BCUT2D eigenvalue weighted by molar-refractivity contribution is 6.03. The van der Waals surface area contributed by atoms with Crippen molar-refractivity contribution in [2.75, 3.05) is 19.7 Å². The van der Waals surface area contributed by atoms with Gasteiger partial charge in [0.1, 0.15) is 29.4 Å². The van der Waals surface area contributed by atoms with Gasteiger partial charge >= 0.3 is 0 Å². The van der Waals surface area contributed by atoms with Gasteiger partial charge in [-0.15, -0.1) is 0 Å². The summed E-state index contributed by atoms with van der Waals surface area (Å²) >= 11 is 0. The largest absolute Gasteiger partial charge is 0.391 e. The Bertz CT molecular complexity index is 1670. The van der Waals surface area contributed by atoms with E-state index in [1.54, 1.807) is 19.1 Å². The van der Waals surface area contributed by atoms with E-state index in [9.17, 15) is 33.9 Å². The molecular weight excluding hydrogens is 706 g/mol. The van der Waals surface area contributed by atoms with Crippen molar-refractivity contribution < 1.29 is 38.6 Å². The van der Waals surface area contributed by atoms with E-state index in [2.05, 4.69) is 45.6 Å². The maximum absolute atomic E-state index is 13.4. The van der Waals surface area contributed by atoms with Gasteiger partial charge in [-0.1, -0.05) is 55.8 Å². The van der Waals surface area contributed by atoms with Crippen LogP contribution in [0.3, 0.4) is 0 Å². The molecule has 1 unspecified atom stereocenters. The zero-order valence-electron chi connectivity index (χ0n) is 32.4. The molecule has 2 aromatic rings. The Kier molecular flexibility index (Phi) is 17.1. The van der Waals surface area contributed by atoms with Crippen molar-refractivity contribution in [3.05, 3.63) is 71.4 Å². The van der Waals surface area contributed by atoms with E-state index in [1.807, 2.05) is 24.3 Å². The van der Waals surface area contributed by atoms with Crippen molar-refractivity contribution in [1.29, 1.82) is 0 Å². The summed E-state index contributed by atoms with van der Waals surface area (Å²) in [5.74, 6) is -4.02. The maximum Gasteiger partial charge on any atom is 0.268 e. The average molecular weight is 764 g/mol. The van der Waals surface area contributed by atoms with Crippen LogP contribution >= 0.6 is 0 Å². The second-order valence-electron chi connectivity index (χ2n) is 14.1. The van der Waals surface area contributed by atoms with E-state index < -0.39 is 65.4 Å².